The third kappa shape index (κ3) is 4.22. The molecule has 2 heterocycles. The van der Waals surface area contributed by atoms with Gasteiger partial charge in [0.25, 0.3) is 0 Å². The lowest BCUT2D eigenvalue weighted by atomic mass is 9.96. The van der Waals surface area contributed by atoms with E-state index in [2.05, 4.69) is 20.8 Å². The maximum atomic E-state index is 12.2. The molecule has 1 aliphatic rings. The minimum atomic E-state index is -0.0863. The number of H-pyrrole nitrogens is 1. The van der Waals surface area contributed by atoms with Crippen molar-refractivity contribution in [3.63, 3.8) is 0 Å². The molecule has 122 valence electrons. The second-order valence-electron chi connectivity index (χ2n) is 5.76. The highest BCUT2D eigenvalue weighted by molar-refractivity contribution is 5.79. The Morgan fingerprint density at radius 3 is 2.77 bits per heavy atom. The highest BCUT2D eigenvalue weighted by Gasteiger charge is 2.27. The number of carbonyl (C=O) groups excluding carboxylic acids is 2. The van der Waals surface area contributed by atoms with Crippen LogP contribution in [0.1, 0.15) is 44.7 Å². The Balaban J connectivity index is 1.76. The zero-order valence-corrected chi connectivity index (χ0v) is 13.3. The van der Waals surface area contributed by atoms with Crippen molar-refractivity contribution in [2.45, 2.75) is 39.2 Å². The van der Waals surface area contributed by atoms with Crippen LogP contribution < -0.4 is 10.6 Å². The number of nitrogens with zero attached hydrogens (tertiary/aromatic N) is 2. The van der Waals surface area contributed by atoms with Gasteiger partial charge in [-0.15, -0.1) is 0 Å². The molecule has 22 heavy (non-hydrogen) atoms. The normalized spacial score (nSPS) is 17.1. The van der Waals surface area contributed by atoms with E-state index >= 15 is 0 Å². The number of hydrogen-bond acceptors (Lipinski definition) is 3. The number of amides is 3. The van der Waals surface area contributed by atoms with E-state index in [0.717, 1.165) is 31.4 Å². The summed E-state index contributed by atoms with van der Waals surface area (Å²) in [5, 5.41) is 12.5. The van der Waals surface area contributed by atoms with Crippen molar-refractivity contribution in [2.75, 3.05) is 19.6 Å². The third-order valence-electron chi connectivity index (χ3n) is 4.06. The van der Waals surface area contributed by atoms with Crippen LogP contribution in [0, 0.1) is 5.92 Å². The lowest BCUT2D eigenvalue weighted by Crippen LogP contribution is -2.47. The van der Waals surface area contributed by atoms with Gasteiger partial charge in [-0.25, -0.2) is 4.79 Å². The molecule has 1 saturated heterocycles. The molecule has 1 aromatic heterocycles. The van der Waals surface area contributed by atoms with Crippen molar-refractivity contribution in [3.05, 3.63) is 18.0 Å². The van der Waals surface area contributed by atoms with Crippen LogP contribution in [0.4, 0.5) is 4.79 Å². The fraction of sp³-hybridized carbons (Fsp3) is 0.667. The standard InChI is InChI=1S/C15H25N5O2/c1-3-6-16-14(21)12-4-7-20(8-5-12)15(22)19-11(2)13-9-17-18-10-13/h9-12H,3-8H2,1-2H3,(H,16,21)(H,17,18)(H,19,22). The van der Waals surface area contributed by atoms with Crippen LogP contribution in [0.2, 0.25) is 0 Å². The Kier molecular flexibility index (Phi) is 5.80. The molecule has 0 radical (unpaired) electrons. The molecule has 1 aliphatic heterocycles. The predicted octanol–water partition coefficient (Wildman–Crippen LogP) is 1.42. The Labute approximate surface area is 130 Å². The zero-order chi connectivity index (χ0) is 15.9. The lowest BCUT2D eigenvalue weighted by Gasteiger charge is -2.32. The Morgan fingerprint density at radius 2 is 2.18 bits per heavy atom. The molecule has 1 fully saturated rings. The monoisotopic (exact) mass is 307 g/mol. The first-order valence-corrected chi connectivity index (χ1v) is 7.93. The van der Waals surface area contributed by atoms with Crippen LogP contribution in [0.25, 0.3) is 0 Å². The van der Waals surface area contributed by atoms with E-state index in [1.54, 1.807) is 17.3 Å². The van der Waals surface area contributed by atoms with Gasteiger partial charge >= 0.3 is 6.03 Å². The molecule has 2 rings (SSSR count). The quantitative estimate of drug-likeness (QED) is 0.768. The van der Waals surface area contributed by atoms with Gasteiger partial charge in [-0.05, 0) is 26.2 Å². The fourth-order valence-electron chi connectivity index (χ4n) is 2.59. The largest absolute Gasteiger partial charge is 0.356 e. The summed E-state index contributed by atoms with van der Waals surface area (Å²) in [6, 6.07) is -0.169. The average Bonchev–Trinajstić information content (AvgIpc) is 3.07. The highest BCUT2D eigenvalue weighted by Crippen LogP contribution is 2.18. The Bertz CT molecular complexity index is 480. The molecule has 1 unspecified atom stereocenters. The van der Waals surface area contributed by atoms with Gasteiger partial charge in [-0.2, -0.15) is 5.10 Å². The van der Waals surface area contributed by atoms with E-state index in [4.69, 9.17) is 0 Å². The first-order valence-electron chi connectivity index (χ1n) is 7.93. The van der Waals surface area contributed by atoms with E-state index in [9.17, 15) is 9.59 Å². The zero-order valence-electron chi connectivity index (χ0n) is 13.3. The molecule has 3 N–H and O–H groups in total. The number of nitrogens with one attached hydrogen (secondary N) is 3. The number of likely N-dealkylation sites (tertiary alicyclic amines) is 1. The summed E-state index contributed by atoms with van der Waals surface area (Å²) in [5.74, 6) is 0.149. The molecule has 0 aliphatic carbocycles. The maximum absolute atomic E-state index is 12.2. The topological polar surface area (TPSA) is 90.1 Å². The van der Waals surface area contributed by atoms with E-state index in [1.165, 1.54) is 0 Å². The molecule has 0 saturated carbocycles. The first kappa shape index (κ1) is 16.3. The Hall–Kier alpha value is -2.05. The molecule has 0 bridgehead atoms. The third-order valence-corrected chi connectivity index (χ3v) is 4.06. The molecule has 7 nitrogen and oxygen atoms in total. The van der Waals surface area contributed by atoms with Crippen molar-refractivity contribution in [3.8, 4) is 0 Å². The summed E-state index contributed by atoms with van der Waals surface area (Å²) in [4.78, 5) is 25.9. The van der Waals surface area contributed by atoms with Crippen LogP contribution in [0.5, 0.6) is 0 Å². The molecular weight excluding hydrogens is 282 g/mol. The van der Waals surface area contributed by atoms with Crippen molar-refractivity contribution < 1.29 is 9.59 Å². The first-order chi connectivity index (χ1) is 10.6. The second-order valence-corrected chi connectivity index (χ2v) is 5.76. The predicted molar refractivity (Wildman–Crippen MR) is 83.1 cm³/mol. The number of aromatic amines is 1. The molecular formula is C15H25N5O2. The Morgan fingerprint density at radius 1 is 1.45 bits per heavy atom. The van der Waals surface area contributed by atoms with Crippen molar-refractivity contribution in [1.29, 1.82) is 0 Å². The summed E-state index contributed by atoms with van der Waals surface area (Å²) >= 11 is 0. The van der Waals surface area contributed by atoms with E-state index in [-0.39, 0.29) is 23.9 Å². The number of rotatable bonds is 5. The highest BCUT2D eigenvalue weighted by atomic mass is 16.2. The summed E-state index contributed by atoms with van der Waals surface area (Å²) in [6.07, 6.45) is 5.87. The number of urea groups is 1. The van der Waals surface area contributed by atoms with Crippen molar-refractivity contribution in [1.82, 2.24) is 25.7 Å². The molecule has 1 aromatic rings. The van der Waals surface area contributed by atoms with E-state index in [1.807, 2.05) is 13.8 Å². The smallest absolute Gasteiger partial charge is 0.317 e. The minimum Gasteiger partial charge on any atom is -0.356 e. The second kappa shape index (κ2) is 7.82. The van der Waals surface area contributed by atoms with Crippen LogP contribution in [0.3, 0.4) is 0 Å². The van der Waals surface area contributed by atoms with Gasteiger partial charge in [0.15, 0.2) is 0 Å². The van der Waals surface area contributed by atoms with Gasteiger partial charge in [0, 0.05) is 37.3 Å². The average molecular weight is 307 g/mol. The number of carbonyl (C=O) groups is 2. The van der Waals surface area contributed by atoms with Gasteiger partial charge < -0.3 is 15.5 Å². The van der Waals surface area contributed by atoms with Gasteiger partial charge in [0.2, 0.25) is 5.91 Å². The SMILES string of the molecule is CCCNC(=O)C1CCN(C(=O)NC(C)c2cn[nH]c2)CC1. The van der Waals surface area contributed by atoms with Crippen LogP contribution in [-0.4, -0.2) is 46.7 Å². The number of aromatic nitrogens is 2. The summed E-state index contributed by atoms with van der Waals surface area (Å²) in [5.41, 5.74) is 0.946. The van der Waals surface area contributed by atoms with Crippen LogP contribution in [-0.2, 0) is 4.79 Å². The molecule has 1 atom stereocenters. The molecule has 0 spiro atoms. The summed E-state index contributed by atoms with van der Waals surface area (Å²) < 4.78 is 0. The number of hydrogen-bond donors (Lipinski definition) is 3. The maximum Gasteiger partial charge on any atom is 0.317 e. The molecule has 7 heteroatoms. The molecule has 3 amide bonds. The minimum absolute atomic E-state index is 0.0295. The van der Waals surface area contributed by atoms with Crippen molar-refractivity contribution in [2.24, 2.45) is 5.92 Å². The van der Waals surface area contributed by atoms with Gasteiger partial charge in [-0.3, -0.25) is 9.89 Å². The van der Waals surface area contributed by atoms with Gasteiger partial charge in [-0.1, -0.05) is 6.92 Å². The molecule has 0 aromatic carbocycles. The van der Waals surface area contributed by atoms with Crippen LogP contribution in [0.15, 0.2) is 12.4 Å². The van der Waals surface area contributed by atoms with E-state index in [0.29, 0.717) is 13.1 Å². The van der Waals surface area contributed by atoms with E-state index < -0.39 is 0 Å². The van der Waals surface area contributed by atoms with Gasteiger partial charge in [0.05, 0.1) is 12.2 Å². The summed E-state index contributed by atoms with van der Waals surface area (Å²) in [6.45, 7) is 5.92. The summed E-state index contributed by atoms with van der Waals surface area (Å²) in [7, 11) is 0. The number of piperidine rings is 1. The van der Waals surface area contributed by atoms with Crippen molar-refractivity contribution >= 4 is 11.9 Å². The van der Waals surface area contributed by atoms with Gasteiger partial charge in [0.1, 0.15) is 0 Å². The fourth-order valence-corrected chi connectivity index (χ4v) is 2.59. The van der Waals surface area contributed by atoms with Crippen LogP contribution >= 0.6 is 0 Å². The lowest BCUT2D eigenvalue weighted by molar-refractivity contribution is -0.126.